The van der Waals surface area contributed by atoms with Crippen molar-refractivity contribution in [3.63, 3.8) is 0 Å². The monoisotopic (exact) mass is 315 g/mol. The van der Waals surface area contributed by atoms with Gasteiger partial charge in [0.15, 0.2) is 0 Å². The molecule has 0 spiro atoms. The Balaban J connectivity index is 2.00. The number of aromatic nitrogens is 4. The Hall–Kier alpha value is -2.46. The first-order valence-electron chi connectivity index (χ1n) is 5.31. The molecule has 0 amide bonds. The van der Waals surface area contributed by atoms with E-state index < -0.39 is 0 Å². The van der Waals surface area contributed by atoms with Gasteiger partial charge in [0.25, 0.3) is 5.89 Å². The number of nitrogens with zero attached hydrogens (tertiary/aromatic N) is 4. The third-order valence-electron chi connectivity index (χ3n) is 2.45. The van der Waals surface area contributed by atoms with Gasteiger partial charge in [-0.2, -0.15) is 10.2 Å². The Labute approximate surface area is 116 Å². The fourth-order valence-electron chi connectivity index (χ4n) is 1.57. The van der Waals surface area contributed by atoms with E-state index in [-0.39, 0.29) is 0 Å². The molecule has 7 heteroatoms. The van der Waals surface area contributed by atoms with Crippen LogP contribution in [0.5, 0.6) is 0 Å². The molecule has 0 aliphatic heterocycles. The van der Waals surface area contributed by atoms with Crippen LogP contribution in [0.25, 0.3) is 23.0 Å². The minimum absolute atomic E-state index is 0.338. The van der Waals surface area contributed by atoms with Crippen molar-refractivity contribution in [2.24, 2.45) is 0 Å². The molecule has 6 nitrogen and oxygen atoms in total. The van der Waals surface area contributed by atoms with Gasteiger partial charge in [0.1, 0.15) is 17.5 Å². The summed E-state index contributed by atoms with van der Waals surface area (Å²) >= 11 is 3.38. The molecule has 3 rings (SSSR count). The molecule has 92 valence electrons. The van der Waals surface area contributed by atoms with E-state index in [2.05, 4.69) is 36.0 Å². The summed E-state index contributed by atoms with van der Waals surface area (Å²) in [7, 11) is 0. The second-order valence-electron chi connectivity index (χ2n) is 3.67. The molecule has 0 fully saturated rings. The van der Waals surface area contributed by atoms with E-state index in [0.29, 0.717) is 28.7 Å². The molecule has 0 unspecified atom stereocenters. The van der Waals surface area contributed by atoms with Crippen LogP contribution in [0.2, 0.25) is 0 Å². The lowest BCUT2D eigenvalue weighted by molar-refractivity contribution is 0.432. The molecule has 0 saturated carbocycles. The van der Waals surface area contributed by atoms with Crippen LogP contribution in [0.15, 0.2) is 39.6 Å². The highest BCUT2D eigenvalue weighted by Gasteiger charge is 2.14. The van der Waals surface area contributed by atoms with Crippen molar-refractivity contribution in [1.29, 1.82) is 5.26 Å². The lowest BCUT2D eigenvalue weighted by atomic mass is 10.3. The van der Waals surface area contributed by atoms with Crippen LogP contribution in [-0.2, 0) is 0 Å². The van der Waals surface area contributed by atoms with Crippen LogP contribution < -0.4 is 0 Å². The van der Waals surface area contributed by atoms with Gasteiger partial charge in [-0.1, -0.05) is 5.16 Å². The molecule has 0 aliphatic rings. The Bertz CT molecular complexity index is 770. The van der Waals surface area contributed by atoms with Crippen LogP contribution in [-0.4, -0.2) is 20.1 Å². The molecule has 1 N–H and O–H groups in total. The average Bonchev–Trinajstić information content (AvgIpc) is 3.08. The summed E-state index contributed by atoms with van der Waals surface area (Å²) in [6, 6.07) is 7.30. The van der Waals surface area contributed by atoms with Crippen LogP contribution in [0.4, 0.5) is 0 Å². The maximum atomic E-state index is 8.75. The predicted octanol–water partition coefficient (Wildman–Crippen LogP) is 2.76. The van der Waals surface area contributed by atoms with Gasteiger partial charge in [-0.25, -0.2) is 0 Å². The smallest absolute Gasteiger partial charge is 0.259 e. The van der Waals surface area contributed by atoms with Crippen LogP contribution >= 0.6 is 15.9 Å². The summed E-state index contributed by atoms with van der Waals surface area (Å²) in [5.41, 5.74) is 1.71. The summed E-state index contributed by atoms with van der Waals surface area (Å²) in [4.78, 5) is 11.2. The van der Waals surface area contributed by atoms with E-state index in [4.69, 9.17) is 9.78 Å². The Morgan fingerprint density at radius 3 is 3.05 bits per heavy atom. The minimum atomic E-state index is 0.338. The number of aromatic amines is 1. The first-order chi connectivity index (χ1) is 9.28. The first kappa shape index (κ1) is 11.6. The summed E-state index contributed by atoms with van der Waals surface area (Å²) in [5, 5.41) is 12.6. The molecule has 0 atom stereocenters. The van der Waals surface area contributed by atoms with Crippen LogP contribution in [0.1, 0.15) is 5.69 Å². The fourth-order valence-corrected chi connectivity index (χ4v) is 2.00. The maximum Gasteiger partial charge on any atom is 0.259 e. The number of halogens is 1. The molecule has 0 aromatic carbocycles. The third kappa shape index (κ3) is 2.13. The van der Waals surface area contributed by atoms with E-state index in [9.17, 15) is 0 Å². The molecule has 0 saturated heterocycles. The molecule has 0 aliphatic carbocycles. The highest BCUT2D eigenvalue weighted by atomic mass is 79.9. The second kappa shape index (κ2) is 4.66. The molecule has 0 bridgehead atoms. The maximum absolute atomic E-state index is 8.75. The highest BCUT2D eigenvalue weighted by molar-refractivity contribution is 9.10. The molecule has 3 aromatic heterocycles. The van der Waals surface area contributed by atoms with Gasteiger partial charge in [0.2, 0.25) is 5.82 Å². The van der Waals surface area contributed by atoms with Crippen molar-refractivity contribution in [2.75, 3.05) is 0 Å². The topological polar surface area (TPSA) is 91.4 Å². The number of rotatable bonds is 2. The van der Waals surface area contributed by atoms with Crippen LogP contribution in [0.3, 0.4) is 0 Å². The summed E-state index contributed by atoms with van der Waals surface area (Å²) in [5.74, 6) is 0.729. The Kier molecular flexibility index (Phi) is 2.85. The van der Waals surface area contributed by atoms with E-state index in [1.807, 2.05) is 12.1 Å². The number of nitriles is 1. The minimum Gasteiger partial charge on any atom is -0.352 e. The molecule has 3 heterocycles. The SMILES string of the molecule is N#Cc1cc(-c2nc(-c3ncccc3Br)no2)c[nH]1. The van der Waals surface area contributed by atoms with Crippen molar-refractivity contribution in [3.8, 4) is 29.0 Å². The van der Waals surface area contributed by atoms with Crippen molar-refractivity contribution in [3.05, 3.63) is 40.8 Å². The van der Waals surface area contributed by atoms with E-state index >= 15 is 0 Å². The molecular formula is C12H6BrN5O. The van der Waals surface area contributed by atoms with E-state index in [1.165, 1.54) is 0 Å². The average molecular weight is 316 g/mol. The summed E-state index contributed by atoms with van der Waals surface area (Å²) in [6.45, 7) is 0. The highest BCUT2D eigenvalue weighted by Crippen LogP contribution is 2.26. The van der Waals surface area contributed by atoms with Crippen molar-refractivity contribution >= 4 is 15.9 Å². The van der Waals surface area contributed by atoms with Gasteiger partial charge >= 0.3 is 0 Å². The number of H-pyrrole nitrogens is 1. The van der Waals surface area contributed by atoms with Gasteiger partial charge in [-0.15, -0.1) is 0 Å². The summed E-state index contributed by atoms with van der Waals surface area (Å²) < 4.78 is 5.95. The number of pyridine rings is 1. The van der Waals surface area contributed by atoms with Gasteiger partial charge in [-0.05, 0) is 34.1 Å². The largest absolute Gasteiger partial charge is 0.352 e. The summed E-state index contributed by atoms with van der Waals surface area (Å²) in [6.07, 6.45) is 3.30. The number of hydrogen-bond acceptors (Lipinski definition) is 5. The fraction of sp³-hybridized carbons (Fsp3) is 0. The van der Waals surface area contributed by atoms with E-state index in [1.54, 1.807) is 24.5 Å². The standard InChI is InChI=1S/C12H6BrN5O/c13-9-2-1-3-15-10(9)11-17-12(19-18-11)7-4-8(5-14)16-6-7/h1-4,6,16H. The Morgan fingerprint density at radius 2 is 2.32 bits per heavy atom. The predicted molar refractivity (Wildman–Crippen MR) is 69.7 cm³/mol. The van der Waals surface area contributed by atoms with Gasteiger partial charge < -0.3 is 9.51 Å². The first-order valence-corrected chi connectivity index (χ1v) is 6.10. The molecule has 0 radical (unpaired) electrons. The third-order valence-corrected chi connectivity index (χ3v) is 3.09. The van der Waals surface area contributed by atoms with Gasteiger partial charge in [-0.3, -0.25) is 4.98 Å². The molecule has 19 heavy (non-hydrogen) atoms. The zero-order chi connectivity index (χ0) is 13.2. The van der Waals surface area contributed by atoms with Gasteiger partial charge in [0.05, 0.1) is 5.56 Å². The van der Waals surface area contributed by atoms with Crippen LogP contribution in [0, 0.1) is 11.3 Å². The van der Waals surface area contributed by atoms with Crippen molar-refractivity contribution in [1.82, 2.24) is 20.1 Å². The molecule has 3 aromatic rings. The van der Waals surface area contributed by atoms with Crippen molar-refractivity contribution < 1.29 is 4.52 Å². The number of nitrogens with one attached hydrogen (secondary N) is 1. The van der Waals surface area contributed by atoms with Gasteiger partial charge in [0, 0.05) is 16.9 Å². The normalized spacial score (nSPS) is 10.3. The zero-order valence-corrected chi connectivity index (χ0v) is 11.0. The second-order valence-corrected chi connectivity index (χ2v) is 4.53. The van der Waals surface area contributed by atoms with Crippen molar-refractivity contribution in [2.45, 2.75) is 0 Å². The molecular weight excluding hydrogens is 310 g/mol. The Morgan fingerprint density at radius 1 is 1.42 bits per heavy atom. The lowest BCUT2D eigenvalue weighted by Gasteiger charge is -1.94. The number of hydrogen-bond donors (Lipinski definition) is 1. The van der Waals surface area contributed by atoms with E-state index in [0.717, 1.165) is 4.47 Å². The quantitative estimate of drug-likeness (QED) is 0.785. The zero-order valence-electron chi connectivity index (χ0n) is 9.46. The lowest BCUT2D eigenvalue weighted by Crippen LogP contribution is -1.86.